The SMILES string of the molecule is CCC(=N[C@@H](C)CCCN(CC)CC)C1C(=O)N(C)C(=O)N(C)C1=O. The van der Waals surface area contributed by atoms with Crippen molar-refractivity contribution in [1.82, 2.24) is 14.7 Å². The molecule has 1 saturated heterocycles. The minimum atomic E-state index is -0.970. The molecule has 0 unspecified atom stereocenters. The number of imide groups is 2. The van der Waals surface area contributed by atoms with Gasteiger partial charge < -0.3 is 4.90 Å². The first-order valence-corrected chi connectivity index (χ1v) is 9.16. The number of hydrogen-bond acceptors (Lipinski definition) is 5. The third-order valence-corrected chi connectivity index (χ3v) is 4.80. The summed E-state index contributed by atoms with van der Waals surface area (Å²) in [4.78, 5) is 45.7. The van der Waals surface area contributed by atoms with E-state index in [2.05, 4.69) is 23.7 Å². The summed E-state index contributed by atoms with van der Waals surface area (Å²) in [5.41, 5.74) is 0.566. The van der Waals surface area contributed by atoms with Gasteiger partial charge in [-0.05, 0) is 45.8 Å². The van der Waals surface area contributed by atoms with E-state index in [9.17, 15) is 14.4 Å². The van der Waals surface area contributed by atoms with Gasteiger partial charge in [0.1, 0.15) is 0 Å². The van der Waals surface area contributed by atoms with Crippen molar-refractivity contribution >= 4 is 23.6 Å². The van der Waals surface area contributed by atoms with Crippen LogP contribution < -0.4 is 0 Å². The van der Waals surface area contributed by atoms with E-state index in [0.717, 1.165) is 42.3 Å². The van der Waals surface area contributed by atoms with Gasteiger partial charge in [-0.2, -0.15) is 0 Å². The molecule has 0 radical (unpaired) electrons. The molecular weight excluding hydrogens is 320 g/mol. The fraction of sp³-hybridized carbons (Fsp3) is 0.778. The van der Waals surface area contributed by atoms with Gasteiger partial charge in [0.05, 0.1) is 0 Å². The van der Waals surface area contributed by atoms with Gasteiger partial charge in [-0.25, -0.2) is 4.79 Å². The molecule has 0 aromatic carbocycles. The molecule has 4 amide bonds. The second-order valence-electron chi connectivity index (χ2n) is 6.50. The fourth-order valence-electron chi connectivity index (χ4n) is 3.06. The Bertz CT molecular complexity index is 504. The largest absolute Gasteiger partial charge is 0.332 e. The average molecular weight is 352 g/mol. The minimum absolute atomic E-state index is 0.0411. The molecule has 1 aliphatic rings. The van der Waals surface area contributed by atoms with E-state index in [0.29, 0.717) is 12.1 Å². The number of carbonyl (C=O) groups excluding carboxylic acids is 3. The molecule has 1 atom stereocenters. The molecule has 0 N–H and O–H groups in total. The van der Waals surface area contributed by atoms with Gasteiger partial charge in [-0.1, -0.05) is 20.8 Å². The summed E-state index contributed by atoms with van der Waals surface area (Å²) >= 11 is 0. The maximum Gasteiger partial charge on any atom is 0.332 e. The standard InChI is InChI=1S/C18H32N4O3/c1-7-14(19-13(4)11-10-12-22(8-2)9-3)15-16(23)20(5)18(25)21(6)17(15)24/h13,15H,7-12H2,1-6H3/t13-/m0/s1. The van der Waals surface area contributed by atoms with Crippen LogP contribution in [0.1, 0.15) is 47.0 Å². The quantitative estimate of drug-likeness (QED) is 0.470. The molecule has 0 aromatic rings. The molecule has 1 fully saturated rings. The summed E-state index contributed by atoms with van der Waals surface area (Å²) in [7, 11) is 2.81. The lowest BCUT2D eigenvalue weighted by Crippen LogP contribution is -2.58. The molecule has 0 saturated carbocycles. The zero-order chi connectivity index (χ0) is 19.1. The third kappa shape index (κ3) is 5.11. The van der Waals surface area contributed by atoms with Crippen LogP contribution in [0.3, 0.4) is 0 Å². The van der Waals surface area contributed by atoms with Crippen molar-refractivity contribution in [2.45, 2.75) is 53.0 Å². The van der Waals surface area contributed by atoms with Crippen LogP contribution >= 0.6 is 0 Å². The van der Waals surface area contributed by atoms with Gasteiger partial charge in [0.15, 0.2) is 5.92 Å². The number of amides is 4. The Morgan fingerprint density at radius 2 is 1.60 bits per heavy atom. The molecule has 0 bridgehead atoms. The molecule has 1 heterocycles. The first-order chi connectivity index (χ1) is 11.8. The summed E-state index contributed by atoms with van der Waals surface area (Å²) in [6, 6.07) is -0.548. The van der Waals surface area contributed by atoms with E-state index in [1.54, 1.807) is 0 Å². The normalized spacial score (nSPS) is 18.5. The van der Waals surface area contributed by atoms with Crippen LogP contribution in [0.25, 0.3) is 0 Å². The maximum atomic E-state index is 12.4. The van der Waals surface area contributed by atoms with Crippen LogP contribution in [0.5, 0.6) is 0 Å². The van der Waals surface area contributed by atoms with Gasteiger partial charge >= 0.3 is 6.03 Å². The Kier molecular flexibility index (Phi) is 8.22. The van der Waals surface area contributed by atoms with Crippen molar-refractivity contribution < 1.29 is 14.4 Å². The predicted molar refractivity (Wildman–Crippen MR) is 98.6 cm³/mol. The first-order valence-electron chi connectivity index (χ1n) is 9.16. The third-order valence-electron chi connectivity index (χ3n) is 4.80. The van der Waals surface area contributed by atoms with E-state index < -0.39 is 23.8 Å². The first kappa shape index (κ1) is 21.3. The number of nitrogens with zero attached hydrogens (tertiary/aromatic N) is 4. The van der Waals surface area contributed by atoms with Gasteiger partial charge in [0.25, 0.3) is 0 Å². The lowest BCUT2D eigenvalue weighted by atomic mass is 9.95. The highest BCUT2D eigenvalue weighted by atomic mass is 16.2. The Labute approximate surface area is 151 Å². The second kappa shape index (κ2) is 9.65. The van der Waals surface area contributed by atoms with Crippen molar-refractivity contribution in [2.75, 3.05) is 33.7 Å². The Morgan fingerprint density at radius 1 is 1.08 bits per heavy atom. The summed E-state index contributed by atoms with van der Waals surface area (Å²) in [5, 5.41) is 0. The van der Waals surface area contributed by atoms with Crippen LogP contribution in [-0.4, -0.2) is 78.0 Å². The molecule has 0 aromatic heterocycles. The number of urea groups is 1. The van der Waals surface area contributed by atoms with Crippen LogP contribution in [0.4, 0.5) is 4.79 Å². The predicted octanol–water partition coefficient (Wildman–Crippen LogP) is 2.01. The van der Waals surface area contributed by atoms with Crippen molar-refractivity contribution in [3.05, 3.63) is 0 Å². The van der Waals surface area contributed by atoms with Crippen molar-refractivity contribution in [2.24, 2.45) is 10.9 Å². The molecule has 142 valence electrons. The summed E-state index contributed by atoms with van der Waals surface area (Å²) in [6.07, 6.45) is 2.44. The second-order valence-corrected chi connectivity index (χ2v) is 6.50. The summed E-state index contributed by atoms with van der Waals surface area (Å²) < 4.78 is 0. The highest BCUT2D eigenvalue weighted by Gasteiger charge is 2.44. The molecule has 0 spiro atoms. The van der Waals surface area contributed by atoms with E-state index in [1.165, 1.54) is 14.1 Å². The lowest BCUT2D eigenvalue weighted by Gasteiger charge is -2.33. The van der Waals surface area contributed by atoms with Gasteiger partial charge in [-0.3, -0.25) is 24.4 Å². The molecule has 7 nitrogen and oxygen atoms in total. The van der Waals surface area contributed by atoms with Gasteiger partial charge in [0, 0.05) is 25.8 Å². The van der Waals surface area contributed by atoms with Crippen LogP contribution in [-0.2, 0) is 9.59 Å². The molecule has 1 aliphatic heterocycles. The minimum Gasteiger partial charge on any atom is -0.304 e. The van der Waals surface area contributed by atoms with Crippen LogP contribution in [0, 0.1) is 5.92 Å². The number of aliphatic imine (C=N–C) groups is 1. The molecular formula is C18H32N4O3. The Balaban J connectivity index is 2.81. The molecule has 25 heavy (non-hydrogen) atoms. The van der Waals surface area contributed by atoms with Crippen molar-refractivity contribution in [3.8, 4) is 0 Å². The number of hydrogen-bond donors (Lipinski definition) is 0. The average Bonchev–Trinajstić information content (AvgIpc) is 2.61. The highest BCUT2D eigenvalue weighted by molar-refractivity contribution is 6.27. The Hall–Kier alpha value is -1.76. The number of barbiturate groups is 1. The zero-order valence-electron chi connectivity index (χ0n) is 16.4. The van der Waals surface area contributed by atoms with Gasteiger partial charge in [0.2, 0.25) is 11.8 Å². The smallest absolute Gasteiger partial charge is 0.304 e. The molecule has 1 rings (SSSR count). The summed E-state index contributed by atoms with van der Waals surface area (Å²) in [5.74, 6) is -1.93. The van der Waals surface area contributed by atoms with Gasteiger partial charge in [-0.15, -0.1) is 0 Å². The number of rotatable bonds is 9. The van der Waals surface area contributed by atoms with E-state index in [-0.39, 0.29) is 6.04 Å². The lowest BCUT2D eigenvalue weighted by molar-refractivity contribution is -0.144. The van der Waals surface area contributed by atoms with E-state index in [1.807, 2.05) is 13.8 Å². The zero-order valence-corrected chi connectivity index (χ0v) is 16.4. The highest BCUT2D eigenvalue weighted by Crippen LogP contribution is 2.19. The Morgan fingerprint density at radius 3 is 2.04 bits per heavy atom. The number of carbonyl (C=O) groups is 3. The van der Waals surface area contributed by atoms with Crippen molar-refractivity contribution in [3.63, 3.8) is 0 Å². The maximum absolute atomic E-state index is 12.4. The molecule has 7 heteroatoms. The van der Waals surface area contributed by atoms with E-state index >= 15 is 0 Å². The van der Waals surface area contributed by atoms with Crippen molar-refractivity contribution in [1.29, 1.82) is 0 Å². The van der Waals surface area contributed by atoms with Crippen LogP contribution in [0.15, 0.2) is 4.99 Å². The fourth-order valence-corrected chi connectivity index (χ4v) is 3.06. The van der Waals surface area contributed by atoms with Crippen LogP contribution in [0.2, 0.25) is 0 Å². The molecule has 0 aliphatic carbocycles. The summed E-state index contributed by atoms with van der Waals surface area (Å²) in [6.45, 7) is 11.3. The monoisotopic (exact) mass is 352 g/mol. The topological polar surface area (TPSA) is 73.3 Å². The van der Waals surface area contributed by atoms with E-state index in [4.69, 9.17) is 0 Å².